The van der Waals surface area contributed by atoms with E-state index in [1.807, 2.05) is 60.7 Å². The molecule has 4 rings (SSSR count). The molecule has 2 saturated carbocycles. The van der Waals surface area contributed by atoms with E-state index in [4.69, 9.17) is 43.6 Å². The maximum atomic E-state index is 13.3. The van der Waals surface area contributed by atoms with Crippen molar-refractivity contribution in [1.82, 2.24) is 16.0 Å². The summed E-state index contributed by atoms with van der Waals surface area (Å²) in [6.07, 6.45) is 3.01. The molecule has 3 amide bonds. The number of hydrogen-bond donors (Lipinski definition) is 5. The summed E-state index contributed by atoms with van der Waals surface area (Å²) in [6.45, 7) is 22.0. The van der Waals surface area contributed by atoms with Crippen molar-refractivity contribution in [1.29, 1.82) is 0 Å². The molecule has 73 heavy (non-hydrogen) atoms. The minimum atomic E-state index is -5.08. The predicted molar refractivity (Wildman–Crippen MR) is 277 cm³/mol. The summed E-state index contributed by atoms with van der Waals surface area (Å²) >= 11 is 9.53. The van der Waals surface area contributed by atoms with Gasteiger partial charge in [-0.3, -0.25) is 19.2 Å². The van der Waals surface area contributed by atoms with Gasteiger partial charge in [0.25, 0.3) is 0 Å². The number of halogens is 5. The number of carbonyl (C=O) groups excluding carboxylic acids is 5. The maximum absolute atomic E-state index is 13.3. The SMILES string of the molecule is CC(C)[C@@H]1CC[C@@H](C)C[C@H]1C(=O)CC[C@@H](NC(=O)[C@@H](C)N)c1ccccc1.CC(C)[C@@H]1CC[C@@H](C)C[C@H]1C(=O)CC[C@@H](NC(=O)[C@@H](C)NC(=O)OC(C)(C)C)c1ccccc1.ClCCl.O=C(O)C(F)(F)F.[Na+].[OH-]. The van der Waals surface area contributed by atoms with Crippen molar-refractivity contribution in [2.24, 2.45) is 53.1 Å². The van der Waals surface area contributed by atoms with E-state index >= 15 is 0 Å². The van der Waals surface area contributed by atoms with Crippen molar-refractivity contribution < 1.29 is 86.8 Å². The number of amides is 3. The normalized spacial score (nSPS) is 21.1. The summed E-state index contributed by atoms with van der Waals surface area (Å²) in [5.41, 5.74) is 7.06. The van der Waals surface area contributed by atoms with E-state index in [0.29, 0.717) is 72.8 Å². The van der Waals surface area contributed by atoms with Crippen molar-refractivity contribution >= 4 is 58.6 Å². The number of nitrogens with two attached hydrogens (primary N) is 1. The van der Waals surface area contributed by atoms with Gasteiger partial charge >= 0.3 is 47.8 Å². The van der Waals surface area contributed by atoms with Crippen LogP contribution in [0, 0.1) is 47.3 Å². The monoisotopic (exact) mass is 1080 g/mol. The first-order chi connectivity index (χ1) is 33.0. The van der Waals surface area contributed by atoms with Crippen LogP contribution in [0.15, 0.2) is 60.7 Å². The van der Waals surface area contributed by atoms with Gasteiger partial charge in [-0.25, -0.2) is 9.59 Å². The zero-order chi connectivity index (χ0) is 54.2. The molecule has 0 aliphatic heterocycles. The van der Waals surface area contributed by atoms with Crippen LogP contribution in [0.3, 0.4) is 0 Å². The Hall–Kier alpha value is -3.25. The van der Waals surface area contributed by atoms with Crippen molar-refractivity contribution in [2.75, 3.05) is 5.34 Å². The number of carboxylic acid groups (broad SMARTS) is 1. The minimum Gasteiger partial charge on any atom is -0.870 e. The number of hydrogen-bond acceptors (Lipinski definition) is 9. The number of benzene rings is 2. The Morgan fingerprint density at radius 2 is 1.01 bits per heavy atom. The topological polar surface area (TPSA) is 224 Å². The molecule has 10 atom stereocenters. The first-order valence-electron chi connectivity index (χ1n) is 25.0. The standard InChI is InChI=1S/C28H44N2O4.C23H36N2O2.C2HF3O2.CH2Cl2.Na.H2O/c1-18(2)22-14-13-19(3)17-23(22)25(31)16-15-24(21-11-9-8-10-12-21)30-26(32)20(4)29-27(33)34-28(5,6)7;1-15(2)19-11-10-16(3)14-20(19)22(26)13-12-21(25-23(27)17(4)24)18-8-6-5-7-9-18;3-2(4,5)1(6)7;2-1-3;;/h8-12,18-20,22-24H,13-17H2,1-7H3,(H,29,33)(H,30,32);5-9,15-17,19-21H,10-14,24H2,1-4H3,(H,25,27);(H,6,7);1H2;;1H2/q;;;;+1;/p-1/t19-,20-,22+,23-,24-;16-,17-,19+,20-,21-;;;;/m11..../s1. The first-order valence-corrected chi connectivity index (χ1v) is 26.0. The van der Waals surface area contributed by atoms with E-state index in [9.17, 15) is 37.1 Å². The van der Waals surface area contributed by atoms with E-state index in [0.717, 1.165) is 36.8 Å². The number of nitrogens with one attached hydrogen (secondary N) is 3. The van der Waals surface area contributed by atoms with Gasteiger partial charge in [0, 0.05) is 24.7 Å². The minimum absolute atomic E-state index is 0. The molecule has 0 heterocycles. The van der Waals surface area contributed by atoms with Crippen molar-refractivity contribution in [3.63, 3.8) is 0 Å². The third kappa shape index (κ3) is 28.5. The molecule has 19 heteroatoms. The Kier molecular flexibility index (Phi) is 35.3. The number of alkyl carbamates (subject to hydrolysis) is 1. The van der Waals surface area contributed by atoms with Crippen LogP contribution in [-0.2, 0) is 28.7 Å². The molecule has 2 aliphatic rings. The largest absolute Gasteiger partial charge is 1.00 e. The Balaban J connectivity index is 0. The van der Waals surface area contributed by atoms with Gasteiger partial charge < -0.3 is 37.0 Å². The Morgan fingerprint density at radius 1 is 0.671 bits per heavy atom. The summed E-state index contributed by atoms with van der Waals surface area (Å²) in [6, 6.07) is 17.8. The maximum Gasteiger partial charge on any atom is 1.00 e. The van der Waals surface area contributed by atoms with Gasteiger partial charge in [0.15, 0.2) is 0 Å². The fourth-order valence-electron chi connectivity index (χ4n) is 9.25. The molecule has 13 nitrogen and oxygen atoms in total. The van der Waals surface area contributed by atoms with E-state index in [1.54, 1.807) is 34.6 Å². The van der Waals surface area contributed by atoms with Crippen LogP contribution in [0.2, 0.25) is 0 Å². The molecule has 2 fully saturated rings. The fraction of sp³-hybridized carbons (Fsp3) is 0.667. The number of ether oxygens (including phenoxy) is 1. The first kappa shape index (κ1) is 71.8. The fourth-order valence-corrected chi connectivity index (χ4v) is 9.25. The van der Waals surface area contributed by atoms with Crippen LogP contribution in [0.4, 0.5) is 18.0 Å². The molecule has 2 aromatic rings. The number of ketones is 2. The summed E-state index contributed by atoms with van der Waals surface area (Å²) in [5.74, 6) is 0.835. The van der Waals surface area contributed by atoms with Crippen LogP contribution in [0.1, 0.15) is 164 Å². The van der Waals surface area contributed by atoms with Crippen LogP contribution in [0.25, 0.3) is 0 Å². The van der Waals surface area contributed by atoms with Gasteiger partial charge in [-0.05, 0) is 120 Å². The van der Waals surface area contributed by atoms with Crippen LogP contribution in [0.5, 0.6) is 0 Å². The Bertz CT molecular complexity index is 1930. The number of carboxylic acids is 1. The van der Waals surface area contributed by atoms with Crippen molar-refractivity contribution in [3.8, 4) is 0 Å². The molecule has 0 unspecified atom stereocenters. The molecule has 0 radical (unpaired) electrons. The molecule has 0 saturated heterocycles. The zero-order valence-corrected chi connectivity index (χ0v) is 48.7. The van der Waals surface area contributed by atoms with Crippen molar-refractivity contribution in [3.05, 3.63) is 71.8 Å². The van der Waals surface area contributed by atoms with Gasteiger partial charge in [0.05, 0.1) is 23.5 Å². The second-order valence-electron chi connectivity index (χ2n) is 20.9. The summed E-state index contributed by atoms with van der Waals surface area (Å²) in [7, 11) is 0. The summed E-state index contributed by atoms with van der Waals surface area (Å²) in [4.78, 5) is 72.4. The quantitative estimate of drug-likeness (QED) is 0.0747. The van der Waals surface area contributed by atoms with Crippen LogP contribution in [-0.4, -0.2) is 75.2 Å². The number of carbonyl (C=O) groups is 6. The smallest absolute Gasteiger partial charge is 0.870 e. The van der Waals surface area contributed by atoms with Crippen LogP contribution < -0.4 is 51.2 Å². The Morgan fingerprint density at radius 3 is 1.32 bits per heavy atom. The molecule has 0 bridgehead atoms. The predicted octanol–water partition coefficient (Wildman–Crippen LogP) is 8.95. The molecular weight excluding hydrogens is 1000 g/mol. The zero-order valence-electron chi connectivity index (χ0n) is 45.2. The molecule has 7 N–H and O–H groups in total. The average molecular weight is 1080 g/mol. The molecule has 0 aromatic heterocycles. The molecule has 2 aromatic carbocycles. The number of alkyl halides is 5. The number of rotatable bonds is 17. The van der Waals surface area contributed by atoms with Gasteiger partial charge in [-0.15, -0.1) is 23.2 Å². The Labute approximate surface area is 465 Å². The van der Waals surface area contributed by atoms with Gasteiger partial charge in [0.2, 0.25) is 11.8 Å². The molecule has 410 valence electrons. The van der Waals surface area contributed by atoms with E-state index < -0.39 is 35.9 Å². The third-order valence-electron chi connectivity index (χ3n) is 13.0. The molecule has 0 spiro atoms. The second kappa shape index (κ2) is 35.9. The van der Waals surface area contributed by atoms with E-state index in [-0.39, 0.29) is 76.1 Å². The van der Waals surface area contributed by atoms with E-state index in [2.05, 4.69) is 57.5 Å². The van der Waals surface area contributed by atoms with Crippen molar-refractivity contribution in [2.45, 2.75) is 176 Å². The number of Topliss-reactive ketones (excluding diaryl/α,β-unsaturated/α-hetero) is 2. The van der Waals surface area contributed by atoms with Gasteiger partial charge in [-0.2, -0.15) is 13.2 Å². The third-order valence-corrected chi connectivity index (χ3v) is 13.0. The summed E-state index contributed by atoms with van der Waals surface area (Å²) < 4.78 is 37.0. The van der Waals surface area contributed by atoms with Gasteiger partial charge in [0.1, 0.15) is 23.2 Å². The van der Waals surface area contributed by atoms with E-state index in [1.165, 1.54) is 12.8 Å². The van der Waals surface area contributed by atoms with Crippen LogP contribution >= 0.6 is 23.2 Å². The second-order valence-corrected chi connectivity index (χ2v) is 21.7. The average Bonchev–Trinajstić information content (AvgIpc) is 3.28. The van der Waals surface area contributed by atoms with Gasteiger partial charge in [-0.1, -0.05) is 115 Å². The summed E-state index contributed by atoms with van der Waals surface area (Å²) in [5, 5.41) is 16.0. The molecular formula is C54H84Cl2F3N4NaO9. The number of aliphatic carboxylic acids is 1. The molecule has 2 aliphatic carbocycles.